The van der Waals surface area contributed by atoms with Crippen molar-refractivity contribution in [2.75, 3.05) is 18.5 Å². The number of hydrogen-bond donors (Lipinski definition) is 2. The number of carbonyl (C=O) groups is 1. The molecule has 198 valence electrons. The van der Waals surface area contributed by atoms with Crippen LogP contribution in [0.3, 0.4) is 0 Å². The van der Waals surface area contributed by atoms with E-state index < -0.39 is 11.9 Å². The second kappa shape index (κ2) is 11.8. The summed E-state index contributed by atoms with van der Waals surface area (Å²) in [6.07, 6.45) is 4.07. The second-order valence-corrected chi connectivity index (χ2v) is 11.4. The first-order valence-electron chi connectivity index (χ1n) is 12.4. The minimum atomic E-state index is -4.49. The van der Waals surface area contributed by atoms with Gasteiger partial charge in [0.2, 0.25) is 0 Å². The molecular formula is C24H30BrF3N4O2S2. The zero-order chi connectivity index (χ0) is 25.9. The van der Waals surface area contributed by atoms with Gasteiger partial charge in [-0.2, -0.15) is 18.3 Å². The van der Waals surface area contributed by atoms with Crippen molar-refractivity contribution in [3.8, 4) is 0 Å². The summed E-state index contributed by atoms with van der Waals surface area (Å²) in [6, 6.07) is 0. The van der Waals surface area contributed by atoms with Crippen LogP contribution in [0, 0.1) is 0 Å². The fraction of sp³-hybridized carbons (Fsp3) is 0.625. The molecule has 6 nitrogen and oxygen atoms in total. The highest BCUT2D eigenvalue weighted by atomic mass is 79.9. The van der Waals surface area contributed by atoms with Gasteiger partial charge in [0.15, 0.2) is 10.8 Å². The van der Waals surface area contributed by atoms with Crippen LogP contribution < -0.4 is 10.6 Å². The number of alkyl halides is 3. The van der Waals surface area contributed by atoms with E-state index in [9.17, 15) is 18.0 Å². The molecule has 36 heavy (non-hydrogen) atoms. The Labute approximate surface area is 226 Å². The number of nitrogens with one attached hydrogen (secondary N) is 2. The van der Waals surface area contributed by atoms with Crippen LogP contribution in [0.4, 0.5) is 18.2 Å². The maximum absolute atomic E-state index is 13.3. The Kier molecular flexibility index (Phi) is 8.98. The average Bonchev–Trinajstić information content (AvgIpc) is 3.49. The van der Waals surface area contributed by atoms with Crippen LogP contribution >= 0.6 is 39.5 Å². The molecule has 0 aromatic carbocycles. The summed E-state index contributed by atoms with van der Waals surface area (Å²) >= 11 is 10.2. The topological polar surface area (TPSA) is 68.2 Å². The van der Waals surface area contributed by atoms with Crippen LogP contribution in [0.5, 0.6) is 0 Å². The maximum atomic E-state index is 13.3. The number of thiocarbonyl (C=S) groups is 1. The molecule has 2 N–H and O–H groups in total. The summed E-state index contributed by atoms with van der Waals surface area (Å²) in [7, 11) is 0. The quantitative estimate of drug-likeness (QED) is 0.195. The highest BCUT2D eigenvalue weighted by Gasteiger charge is 2.41. The van der Waals surface area contributed by atoms with Crippen LogP contribution in [-0.2, 0) is 30.3 Å². The highest BCUT2D eigenvalue weighted by Crippen LogP contribution is 2.47. The Hall–Kier alpha value is -1.66. The summed E-state index contributed by atoms with van der Waals surface area (Å²) in [6.45, 7) is 2.89. The number of nitrogens with zero attached hydrogens (tertiary/aromatic N) is 2. The van der Waals surface area contributed by atoms with Gasteiger partial charge in [-0.1, -0.05) is 12.8 Å². The molecule has 0 saturated heterocycles. The standard InChI is InChI=1S/C24H30BrF3N4O2S2/c1-2-34-22(33)17-15-8-5-3-4-6-9-16(15)36-21(17)30-23(35)29-12-7-13-32-19(14-10-11-14)18(25)20(31-32)24(26,27)28/h14H,2-13H2,1H3,(H2,29,30,35). The number of fused-ring (bicyclic) bond motifs is 1. The Morgan fingerprint density at radius 1 is 1.25 bits per heavy atom. The van der Waals surface area contributed by atoms with Crippen LogP contribution in [0.2, 0.25) is 0 Å². The lowest BCUT2D eigenvalue weighted by atomic mass is 9.96. The fourth-order valence-corrected chi connectivity index (χ4v) is 6.94. The van der Waals surface area contributed by atoms with Crippen LogP contribution in [-0.4, -0.2) is 34.0 Å². The van der Waals surface area contributed by atoms with Gasteiger partial charge in [0.1, 0.15) is 5.00 Å². The second-order valence-electron chi connectivity index (χ2n) is 9.12. The Morgan fingerprint density at radius 3 is 2.64 bits per heavy atom. The number of carbonyl (C=O) groups excluding carboxylic acids is 1. The molecule has 0 atom stereocenters. The minimum Gasteiger partial charge on any atom is -0.462 e. The molecule has 2 aromatic rings. The van der Waals surface area contributed by atoms with Crippen LogP contribution in [0.15, 0.2) is 4.47 Å². The third kappa shape index (κ3) is 6.42. The van der Waals surface area contributed by atoms with E-state index in [4.69, 9.17) is 17.0 Å². The SMILES string of the molecule is CCOC(=O)c1c(NC(=S)NCCCn2nc(C(F)(F)F)c(Br)c2C2CC2)sc2c1CCCCCC2. The highest BCUT2D eigenvalue weighted by molar-refractivity contribution is 9.10. The molecule has 1 fully saturated rings. The van der Waals surface area contributed by atoms with E-state index in [0.29, 0.717) is 47.5 Å². The molecular weight excluding hydrogens is 577 g/mol. The number of aromatic nitrogens is 2. The smallest absolute Gasteiger partial charge is 0.436 e. The molecule has 2 aliphatic carbocycles. The first-order chi connectivity index (χ1) is 17.2. The van der Waals surface area contributed by atoms with Crippen molar-refractivity contribution in [2.45, 2.75) is 83.4 Å². The first-order valence-corrected chi connectivity index (χ1v) is 14.4. The number of anilines is 1. The summed E-state index contributed by atoms with van der Waals surface area (Å²) < 4.78 is 46.8. The van der Waals surface area contributed by atoms with E-state index >= 15 is 0 Å². The molecule has 12 heteroatoms. The predicted octanol–water partition coefficient (Wildman–Crippen LogP) is 6.82. The van der Waals surface area contributed by atoms with E-state index in [1.165, 1.54) is 16.0 Å². The molecule has 0 amide bonds. The number of ether oxygens (including phenoxy) is 1. The van der Waals surface area contributed by atoms with Crippen molar-refractivity contribution >= 4 is 55.6 Å². The summed E-state index contributed by atoms with van der Waals surface area (Å²) in [5.41, 5.74) is 1.41. The van der Waals surface area contributed by atoms with Crippen molar-refractivity contribution < 1.29 is 22.7 Å². The number of rotatable bonds is 8. The fourth-order valence-electron chi connectivity index (χ4n) is 4.56. The van der Waals surface area contributed by atoms with Crippen molar-refractivity contribution in [3.63, 3.8) is 0 Å². The van der Waals surface area contributed by atoms with Crippen molar-refractivity contribution in [3.05, 3.63) is 31.9 Å². The zero-order valence-electron chi connectivity index (χ0n) is 20.1. The van der Waals surface area contributed by atoms with Gasteiger partial charge in [-0.3, -0.25) is 4.68 Å². The number of hydrogen-bond acceptors (Lipinski definition) is 5. The zero-order valence-corrected chi connectivity index (χ0v) is 23.3. The van der Waals surface area contributed by atoms with E-state index in [-0.39, 0.29) is 16.4 Å². The van der Waals surface area contributed by atoms with Gasteiger partial charge in [0.25, 0.3) is 0 Å². The minimum absolute atomic E-state index is 0.0578. The Balaban J connectivity index is 1.38. The molecule has 2 aromatic heterocycles. The molecule has 4 rings (SSSR count). The molecule has 2 aliphatic rings. The first kappa shape index (κ1) is 27.4. The third-order valence-corrected chi connectivity index (χ3v) is 8.61. The van der Waals surface area contributed by atoms with Crippen molar-refractivity contribution in [1.82, 2.24) is 15.1 Å². The third-order valence-electron chi connectivity index (χ3n) is 6.37. The van der Waals surface area contributed by atoms with Crippen LogP contribution in [0.1, 0.15) is 90.0 Å². The number of halogens is 4. The lowest BCUT2D eigenvalue weighted by Gasteiger charge is -2.13. The Bertz CT molecular complexity index is 1110. The molecule has 0 radical (unpaired) electrons. The van der Waals surface area contributed by atoms with E-state index in [1.54, 1.807) is 18.3 Å². The molecule has 1 saturated carbocycles. The number of aryl methyl sites for hydroxylation is 2. The maximum Gasteiger partial charge on any atom is 0.436 e. The van der Waals surface area contributed by atoms with Gasteiger partial charge >= 0.3 is 12.1 Å². The van der Waals surface area contributed by atoms with Gasteiger partial charge in [-0.25, -0.2) is 4.79 Å². The Morgan fingerprint density at radius 2 is 1.97 bits per heavy atom. The van der Waals surface area contributed by atoms with E-state index in [2.05, 4.69) is 31.7 Å². The summed E-state index contributed by atoms with van der Waals surface area (Å²) in [5.74, 6) is -0.212. The van der Waals surface area contributed by atoms with Crippen LogP contribution in [0.25, 0.3) is 0 Å². The summed E-state index contributed by atoms with van der Waals surface area (Å²) in [5, 5.41) is 11.2. The molecule has 0 aliphatic heterocycles. The normalized spacial score (nSPS) is 16.1. The summed E-state index contributed by atoms with van der Waals surface area (Å²) in [4.78, 5) is 14.0. The van der Waals surface area contributed by atoms with E-state index in [1.807, 2.05) is 0 Å². The van der Waals surface area contributed by atoms with Gasteiger partial charge in [-0.05, 0) is 85.6 Å². The van der Waals surface area contributed by atoms with Gasteiger partial charge in [0, 0.05) is 23.9 Å². The predicted molar refractivity (Wildman–Crippen MR) is 142 cm³/mol. The average molecular weight is 608 g/mol. The van der Waals surface area contributed by atoms with Gasteiger partial charge < -0.3 is 15.4 Å². The van der Waals surface area contributed by atoms with Crippen molar-refractivity contribution in [2.24, 2.45) is 0 Å². The largest absolute Gasteiger partial charge is 0.462 e. The van der Waals surface area contributed by atoms with Crippen molar-refractivity contribution in [1.29, 1.82) is 0 Å². The lowest BCUT2D eigenvalue weighted by molar-refractivity contribution is -0.142. The monoisotopic (exact) mass is 606 g/mol. The molecule has 2 heterocycles. The van der Waals surface area contributed by atoms with E-state index in [0.717, 1.165) is 50.5 Å². The van der Waals surface area contributed by atoms with Gasteiger partial charge in [-0.15, -0.1) is 11.3 Å². The molecule has 0 bridgehead atoms. The lowest BCUT2D eigenvalue weighted by Crippen LogP contribution is -2.30. The number of esters is 1. The molecule has 0 spiro atoms. The number of thiophene rings is 1. The van der Waals surface area contributed by atoms with Gasteiger partial charge in [0.05, 0.1) is 22.3 Å². The molecule has 0 unspecified atom stereocenters.